The number of para-hydroxylation sites is 1. The van der Waals surface area contributed by atoms with Crippen molar-refractivity contribution in [2.75, 3.05) is 37.6 Å². The maximum Gasteiger partial charge on any atom is 0.0402 e. The Labute approximate surface area is 161 Å². The number of piperazine rings is 1. The van der Waals surface area contributed by atoms with Crippen molar-refractivity contribution in [2.24, 2.45) is 11.3 Å². The third-order valence-corrected chi connectivity index (χ3v) is 7.42. The zero-order valence-electron chi connectivity index (χ0n) is 17.1. The molecule has 0 amide bonds. The minimum Gasteiger partial charge on any atom is -0.369 e. The van der Waals surface area contributed by atoms with E-state index in [2.05, 4.69) is 47.9 Å². The minimum absolute atomic E-state index is 0.744. The molecule has 1 spiro atoms. The Morgan fingerprint density at radius 1 is 0.923 bits per heavy atom. The summed E-state index contributed by atoms with van der Waals surface area (Å²) in [5, 5.41) is 0. The summed E-state index contributed by atoms with van der Waals surface area (Å²) >= 11 is 0. The molecule has 1 heterocycles. The summed E-state index contributed by atoms with van der Waals surface area (Å²) in [5.41, 5.74) is 3.94. The predicted molar refractivity (Wildman–Crippen MR) is 112 cm³/mol. The number of rotatable bonds is 4. The third kappa shape index (κ3) is 3.96. The van der Waals surface area contributed by atoms with Crippen LogP contribution in [0, 0.1) is 11.3 Å². The zero-order chi connectivity index (χ0) is 18.0. The molecule has 2 heteroatoms. The van der Waals surface area contributed by atoms with Crippen LogP contribution in [0.15, 0.2) is 24.3 Å². The Bertz CT molecular complexity index is 570. The Balaban J connectivity index is 1.41. The lowest BCUT2D eigenvalue weighted by molar-refractivity contribution is 0.181. The van der Waals surface area contributed by atoms with Gasteiger partial charge in [0.15, 0.2) is 0 Å². The molecule has 1 aliphatic heterocycles. The van der Waals surface area contributed by atoms with Gasteiger partial charge in [-0.15, -0.1) is 0 Å². The van der Waals surface area contributed by atoms with Crippen molar-refractivity contribution in [3.63, 3.8) is 0 Å². The first-order valence-corrected chi connectivity index (χ1v) is 11.2. The van der Waals surface area contributed by atoms with Crippen molar-refractivity contribution in [1.29, 1.82) is 0 Å². The number of hydrogen-bond donors (Lipinski definition) is 0. The van der Waals surface area contributed by atoms with Crippen LogP contribution in [0.25, 0.3) is 0 Å². The van der Waals surface area contributed by atoms with E-state index in [4.69, 9.17) is 0 Å². The first kappa shape index (κ1) is 18.3. The summed E-state index contributed by atoms with van der Waals surface area (Å²) in [5.74, 6) is 1.57. The molecule has 0 atom stereocenters. The van der Waals surface area contributed by atoms with Crippen LogP contribution in [0.5, 0.6) is 0 Å². The predicted octanol–water partition coefficient (Wildman–Crippen LogP) is 5.68. The highest BCUT2D eigenvalue weighted by Gasteiger charge is 2.38. The Morgan fingerprint density at radius 3 is 2.23 bits per heavy atom. The Morgan fingerprint density at radius 2 is 1.58 bits per heavy atom. The van der Waals surface area contributed by atoms with E-state index in [1.807, 2.05) is 0 Å². The molecule has 0 aromatic heterocycles. The maximum atomic E-state index is 2.67. The summed E-state index contributed by atoms with van der Waals surface area (Å²) in [6.07, 6.45) is 11.8. The van der Waals surface area contributed by atoms with Crippen molar-refractivity contribution in [1.82, 2.24) is 4.90 Å². The number of nitrogens with zero attached hydrogens (tertiary/aromatic N) is 2. The second-order valence-electron chi connectivity index (χ2n) is 9.72. The van der Waals surface area contributed by atoms with Crippen LogP contribution in [0.4, 0.5) is 5.69 Å². The fourth-order valence-corrected chi connectivity index (χ4v) is 5.97. The molecule has 3 aliphatic rings. The van der Waals surface area contributed by atoms with Gasteiger partial charge < -0.3 is 4.90 Å². The molecular formula is C24H38N2. The van der Waals surface area contributed by atoms with Crippen molar-refractivity contribution in [2.45, 2.75) is 71.1 Å². The first-order valence-electron chi connectivity index (χ1n) is 11.2. The highest BCUT2D eigenvalue weighted by molar-refractivity contribution is 5.55. The summed E-state index contributed by atoms with van der Waals surface area (Å²) in [6, 6.07) is 9.36. The summed E-state index contributed by atoms with van der Waals surface area (Å²) in [6.45, 7) is 10.8. The standard InChI is InChI=1S/C24H38N2/c1-20(2)19-25-15-17-26(18-16-25)23-8-4-3-7-22(23)21-9-13-24(14-10-21)11-5-6-12-24/h3-4,7-8,20-21H,5-6,9-19H2,1-2H3. The van der Waals surface area contributed by atoms with Crippen LogP contribution in [0.2, 0.25) is 0 Å². The van der Waals surface area contributed by atoms with Crippen LogP contribution >= 0.6 is 0 Å². The monoisotopic (exact) mass is 354 g/mol. The van der Waals surface area contributed by atoms with Crippen LogP contribution in [-0.4, -0.2) is 37.6 Å². The van der Waals surface area contributed by atoms with Gasteiger partial charge in [-0.3, -0.25) is 4.90 Å². The zero-order valence-corrected chi connectivity index (χ0v) is 17.1. The minimum atomic E-state index is 0.744. The molecule has 2 nitrogen and oxygen atoms in total. The van der Waals surface area contributed by atoms with E-state index in [9.17, 15) is 0 Å². The fourth-order valence-electron chi connectivity index (χ4n) is 5.97. The topological polar surface area (TPSA) is 6.48 Å². The van der Waals surface area contributed by atoms with Gasteiger partial charge in [-0.2, -0.15) is 0 Å². The van der Waals surface area contributed by atoms with E-state index in [1.54, 1.807) is 11.3 Å². The van der Waals surface area contributed by atoms with Gasteiger partial charge in [0.1, 0.15) is 0 Å². The molecule has 1 saturated heterocycles. The molecule has 144 valence electrons. The second kappa shape index (κ2) is 7.92. The first-order chi connectivity index (χ1) is 12.7. The van der Waals surface area contributed by atoms with Gasteiger partial charge in [-0.1, -0.05) is 44.9 Å². The maximum absolute atomic E-state index is 2.67. The van der Waals surface area contributed by atoms with Gasteiger partial charge in [0.25, 0.3) is 0 Å². The Kier molecular flexibility index (Phi) is 5.59. The number of hydrogen-bond acceptors (Lipinski definition) is 2. The average Bonchev–Trinajstić information content (AvgIpc) is 3.11. The molecular weight excluding hydrogens is 316 g/mol. The fraction of sp³-hybridized carbons (Fsp3) is 0.750. The SMILES string of the molecule is CC(C)CN1CCN(c2ccccc2C2CCC3(CCCC3)CC2)CC1. The van der Waals surface area contributed by atoms with Gasteiger partial charge in [-0.25, -0.2) is 0 Å². The van der Waals surface area contributed by atoms with E-state index in [0.717, 1.165) is 17.3 Å². The average molecular weight is 355 g/mol. The second-order valence-corrected chi connectivity index (χ2v) is 9.72. The molecule has 0 N–H and O–H groups in total. The summed E-state index contributed by atoms with van der Waals surface area (Å²) in [4.78, 5) is 5.32. The van der Waals surface area contributed by atoms with Crippen LogP contribution < -0.4 is 4.90 Å². The van der Waals surface area contributed by atoms with E-state index < -0.39 is 0 Å². The molecule has 26 heavy (non-hydrogen) atoms. The lowest BCUT2D eigenvalue weighted by Gasteiger charge is -2.41. The molecule has 4 rings (SSSR count). The van der Waals surface area contributed by atoms with Crippen LogP contribution in [0.1, 0.15) is 76.7 Å². The van der Waals surface area contributed by atoms with Gasteiger partial charge in [0, 0.05) is 38.4 Å². The molecule has 0 radical (unpaired) electrons. The van der Waals surface area contributed by atoms with Crippen LogP contribution in [-0.2, 0) is 0 Å². The molecule has 1 aromatic carbocycles. The van der Waals surface area contributed by atoms with Gasteiger partial charge in [0.05, 0.1) is 0 Å². The Hall–Kier alpha value is -1.02. The quantitative estimate of drug-likeness (QED) is 0.686. The normalized spacial score (nSPS) is 24.7. The lowest BCUT2D eigenvalue weighted by atomic mass is 9.68. The molecule has 2 saturated carbocycles. The molecule has 3 fully saturated rings. The van der Waals surface area contributed by atoms with E-state index in [1.165, 1.54) is 84.1 Å². The molecule has 0 bridgehead atoms. The number of anilines is 1. The van der Waals surface area contributed by atoms with Crippen molar-refractivity contribution in [3.8, 4) is 0 Å². The molecule has 0 unspecified atom stereocenters. The third-order valence-electron chi connectivity index (χ3n) is 7.42. The van der Waals surface area contributed by atoms with Gasteiger partial charge in [-0.05, 0) is 67.4 Å². The summed E-state index contributed by atoms with van der Waals surface area (Å²) < 4.78 is 0. The highest BCUT2D eigenvalue weighted by atomic mass is 15.3. The lowest BCUT2D eigenvalue weighted by Crippen LogP contribution is -2.47. The largest absolute Gasteiger partial charge is 0.369 e. The smallest absolute Gasteiger partial charge is 0.0402 e. The molecule has 2 aliphatic carbocycles. The van der Waals surface area contributed by atoms with E-state index >= 15 is 0 Å². The summed E-state index contributed by atoms with van der Waals surface area (Å²) in [7, 11) is 0. The van der Waals surface area contributed by atoms with Crippen LogP contribution in [0.3, 0.4) is 0 Å². The van der Waals surface area contributed by atoms with Gasteiger partial charge >= 0.3 is 0 Å². The van der Waals surface area contributed by atoms with E-state index in [-0.39, 0.29) is 0 Å². The van der Waals surface area contributed by atoms with Gasteiger partial charge in [0.2, 0.25) is 0 Å². The van der Waals surface area contributed by atoms with Crippen molar-refractivity contribution in [3.05, 3.63) is 29.8 Å². The van der Waals surface area contributed by atoms with Crippen molar-refractivity contribution >= 4 is 5.69 Å². The number of benzene rings is 1. The van der Waals surface area contributed by atoms with Crippen molar-refractivity contribution < 1.29 is 0 Å². The van der Waals surface area contributed by atoms with E-state index in [0.29, 0.717) is 0 Å². The molecule has 1 aromatic rings. The highest BCUT2D eigenvalue weighted by Crippen LogP contribution is 2.53.